The molecule has 32 heavy (non-hydrogen) atoms. The molecule has 0 bridgehead atoms. The van der Waals surface area contributed by atoms with E-state index >= 15 is 0 Å². The van der Waals surface area contributed by atoms with Gasteiger partial charge in [0.15, 0.2) is 0 Å². The predicted molar refractivity (Wildman–Crippen MR) is 112 cm³/mol. The zero-order valence-electron chi connectivity index (χ0n) is 16.9. The van der Waals surface area contributed by atoms with Crippen molar-refractivity contribution in [3.63, 3.8) is 0 Å². The number of aromatic nitrogens is 2. The molecule has 2 amide bonds. The fourth-order valence-corrected chi connectivity index (χ4v) is 3.30. The lowest BCUT2D eigenvalue weighted by molar-refractivity contribution is -0.132. The first-order valence-electron chi connectivity index (χ1n) is 10.0. The minimum atomic E-state index is -0.957. The van der Waals surface area contributed by atoms with Gasteiger partial charge in [0.25, 0.3) is 5.91 Å². The number of nitrogens with one attached hydrogen (secondary N) is 1. The molecule has 1 aliphatic rings. The highest BCUT2D eigenvalue weighted by Crippen LogP contribution is 2.29. The van der Waals surface area contributed by atoms with Crippen LogP contribution >= 0.6 is 11.6 Å². The largest absolute Gasteiger partial charge is 0.419 e. The van der Waals surface area contributed by atoms with Crippen LogP contribution in [0.4, 0.5) is 8.78 Å². The number of carbonyl (C=O) groups excluding carboxylic acids is 2. The third-order valence-corrected chi connectivity index (χ3v) is 5.22. The highest BCUT2D eigenvalue weighted by atomic mass is 35.5. The van der Waals surface area contributed by atoms with Gasteiger partial charge in [0.05, 0.1) is 12.1 Å². The molecule has 0 saturated heterocycles. The summed E-state index contributed by atoms with van der Waals surface area (Å²) >= 11 is 5.89. The summed E-state index contributed by atoms with van der Waals surface area (Å²) in [6.45, 7) is 0.169. The van der Waals surface area contributed by atoms with Crippen LogP contribution < -0.4 is 5.32 Å². The van der Waals surface area contributed by atoms with Gasteiger partial charge in [-0.2, -0.15) is 0 Å². The van der Waals surface area contributed by atoms with Crippen LogP contribution in [-0.4, -0.2) is 39.5 Å². The second kappa shape index (κ2) is 9.44. The summed E-state index contributed by atoms with van der Waals surface area (Å²) in [5.74, 6) is -2.01. The summed E-state index contributed by atoms with van der Waals surface area (Å²) in [6, 6.07) is 9.73. The van der Waals surface area contributed by atoms with Crippen molar-refractivity contribution in [2.24, 2.45) is 0 Å². The molecule has 0 unspecified atom stereocenters. The van der Waals surface area contributed by atoms with Crippen molar-refractivity contribution in [1.82, 2.24) is 20.4 Å². The lowest BCUT2D eigenvalue weighted by Gasteiger charge is -2.20. The Morgan fingerprint density at radius 1 is 1.12 bits per heavy atom. The Kier molecular flexibility index (Phi) is 6.45. The monoisotopic (exact) mass is 460 g/mol. The average molecular weight is 461 g/mol. The molecule has 1 N–H and O–H groups in total. The second-order valence-electron chi connectivity index (χ2n) is 7.39. The topological polar surface area (TPSA) is 88.3 Å². The number of halogens is 3. The van der Waals surface area contributed by atoms with Gasteiger partial charge in [-0.3, -0.25) is 9.59 Å². The van der Waals surface area contributed by atoms with Crippen molar-refractivity contribution in [2.75, 3.05) is 6.54 Å². The van der Waals surface area contributed by atoms with Crippen molar-refractivity contribution >= 4 is 23.4 Å². The molecule has 0 radical (unpaired) electrons. The Bertz CT molecular complexity index is 1130. The van der Waals surface area contributed by atoms with Crippen molar-refractivity contribution in [3.05, 3.63) is 70.6 Å². The van der Waals surface area contributed by atoms with E-state index < -0.39 is 17.5 Å². The third-order valence-electron chi connectivity index (χ3n) is 4.97. The van der Waals surface area contributed by atoms with Crippen LogP contribution in [0.25, 0.3) is 11.5 Å². The maximum absolute atomic E-state index is 13.7. The fraction of sp³-hybridized carbons (Fsp3) is 0.273. The number of benzene rings is 2. The first kappa shape index (κ1) is 21.9. The Balaban J connectivity index is 1.33. The number of carbonyl (C=O) groups is 2. The molecule has 10 heteroatoms. The standard InChI is InChI=1S/C22H19ClF2N4O3/c23-14-3-1-13(2-4-14)22-28-27-19(32-22)12-29(16-6-7-16)20(30)9-10-26-21(31)17-8-5-15(24)11-18(17)25/h1-5,8,11,16H,6-7,9-10,12H2,(H,26,31). The van der Waals surface area contributed by atoms with Gasteiger partial charge in [-0.15, -0.1) is 10.2 Å². The molecule has 0 atom stereocenters. The second-order valence-corrected chi connectivity index (χ2v) is 7.83. The van der Waals surface area contributed by atoms with E-state index in [-0.39, 0.29) is 37.0 Å². The van der Waals surface area contributed by atoms with Gasteiger partial charge in [0.1, 0.15) is 11.6 Å². The lowest BCUT2D eigenvalue weighted by atomic mass is 10.2. The number of hydrogen-bond acceptors (Lipinski definition) is 5. The van der Waals surface area contributed by atoms with E-state index in [0.717, 1.165) is 25.0 Å². The molecular weight excluding hydrogens is 442 g/mol. The fourth-order valence-electron chi connectivity index (χ4n) is 3.17. The van der Waals surface area contributed by atoms with E-state index in [4.69, 9.17) is 16.0 Å². The van der Waals surface area contributed by atoms with Crippen LogP contribution in [0.15, 0.2) is 46.9 Å². The summed E-state index contributed by atoms with van der Waals surface area (Å²) in [5.41, 5.74) is 0.437. The molecule has 0 spiro atoms. The minimum absolute atomic E-state index is 0.0115. The molecule has 2 aromatic carbocycles. The average Bonchev–Trinajstić information content (AvgIpc) is 3.50. The molecule has 1 aliphatic carbocycles. The maximum Gasteiger partial charge on any atom is 0.254 e. The number of nitrogens with zero attached hydrogens (tertiary/aromatic N) is 3. The third kappa shape index (κ3) is 5.28. The first-order valence-corrected chi connectivity index (χ1v) is 10.4. The summed E-state index contributed by atoms with van der Waals surface area (Å²) < 4.78 is 32.4. The van der Waals surface area contributed by atoms with E-state index in [1.165, 1.54) is 0 Å². The molecule has 1 fully saturated rings. The van der Waals surface area contributed by atoms with Gasteiger partial charge in [-0.1, -0.05) is 11.6 Å². The minimum Gasteiger partial charge on any atom is -0.419 e. The predicted octanol–water partition coefficient (Wildman–Crippen LogP) is 3.98. The van der Waals surface area contributed by atoms with E-state index in [0.29, 0.717) is 28.4 Å². The van der Waals surface area contributed by atoms with Crippen molar-refractivity contribution in [3.8, 4) is 11.5 Å². The summed E-state index contributed by atoms with van der Waals surface area (Å²) in [5, 5.41) is 11.1. The zero-order valence-corrected chi connectivity index (χ0v) is 17.6. The normalized spacial score (nSPS) is 13.1. The lowest BCUT2D eigenvalue weighted by Crippen LogP contribution is -2.36. The zero-order chi connectivity index (χ0) is 22.7. The Morgan fingerprint density at radius 3 is 2.56 bits per heavy atom. The smallest absolute Gasteiger partial charge is 0.254 e. The van der Waals surface area contributed by atoms with Gasteiger partial charge in [0, 0.05) is 35.7 Å². The van der Waals surface area contributed by atoms with Gasteiger partial charge in [-0.25, -0.2) is 8.78 Å². The molecule has 7 nitrogen and oxygen atoms in total. The Hall–Kier alpha value is -3.33. The van der Waals surface area contributed by atoms with Crippen LogP contribution in [0.3, 0.4) is 0 Å². The molecular formula is C22H19ClF2N4O3. The SMILES string of the molecule is O=C(NCCC(=O)N(Cc1nnc(-c2ccc(Cl)cc2)o1)C1CC1)c1ccc(F)cc1F. The Morgan fingerprint density at radius 2 is 1.88 bits per heavy atom. The maximum atomic E-state index is 13.7. The van der Waals surface area contributed by atoms with Crippen LogP contribution in [0, 0.1) is 11.6 Å². The van der Waals surface area contributed by atoms with E-state index in [1.54, 1.807) is 29.2 Å². The van der Waals surface area contributed by atoms with Gasteiger partial charge in [0.2, 0.25) is 17.7 Å². The summed E-state index contributed by atoms with van der Waals surface area (Å²) in [7, 11) is 0. The van der Waals surface area contributed by atoms with Crippen LogP contribution in [0.2, 0.25) is 5.02 Å². The van der Waals surface area contributed by atoms with Crippen LogP contribution in [0.1, 0.15) is 35.5 Å². The molecule has 1 aromatic heterocycles. The van der Waals surface area contributed by atoms with E-state index in [9.17, 15) is 18.4 Å². The van der Waals surface area contributed by atoms with E-state index in [2.05, 4.69) is 15.5 Å². The molecule has 1 heterocycles. The van der Waals surface area contributed by atoms with Gasteiger partial charge in [-0.05, 0) is 49.2 Å². The highest BCUT2D eigenvalue weighted by Gasteiger charge is 2.33. The number of rotatable bonds is 8. The highest BCUT2D eigenvalue weighted by molar-refractivity contribution is 6.30. The molecule has 0 aliphatic heterocycles. The summed E-state index contributed by atoms with van der Waals surface area (Å²) in [6.07, 6.45) is 1.76. The quantitative estimate of drug-likeness (QED) is 0.549. The van der Waals surface area contributed by atoms with Crippen molar-refractivity contribution in [2.45, 2.75) is 31.8 Å². The molecule has 166 valence electrons. The molecule has 3 aromatic rings. The van der Waals surface area contributed by atoms with Crippen molar-refractivity contribution < 1.29 is 22.8 Å². The van der Waals surface area contributed by atoms with Gasteiger partial charge >= 0.3 is 0 Å². The molecule has 4 rings (SSSR count). The Labute approximate surface area is 187 Å². The summed E-state index contributed by atoms with van der Waals surface area (Å²) in [4.78, 5) is 26.4. The van der Waals surface area contributed by atoms with E-state index in [1.807, 2.05) is 0 Å². The van der Waals surface area contributed by atoms with Crippen LogP contribution in [0.5, 0.6) is 0 Å². The number of hydrogen-bond donors (Lipinski definition) is 1. The van der Waals surface area contributed by atoms with Gasteiger partial charge < -0.3 is 14.6 Å². The number of amides is 2. The first-order chi connectivity index (χ1) is 15.4. The molecule has 1 saturated carbocycles. The van der Waals surface area contributed by atoms with Crippen LogP contribution in [-0.2, 0) is 11.3 Å². The van der Waals surface area contributed by atoms with Crippen molar-refractivity contribution in [1.29, 1.82) is 0 Å².